The van der Waals surface area contributed by atoms with Crippen LogP contribution in [0.2, 0.25) is 0 Å². The molecule has 0 amide bonds. The molecule has 5 nitrogen and oxygen atoms in total. The summed E-state index contributed by atoms with van der Waals surface area (Å²) in [6, 6.07) is 3.81. The third kappa shape index (κ3) is 3.64. The van der Waals surface area contributed by atoms with Crippen LogP contribution in [-0.4, -0.2) is 20.9 Å². The van der Waals surface area contributed by atoms with Gasteiger partial charge in [0, 0.05) is 11.4 Å². The quantitative estimate of drug-likeness (QED) is 0.850. The summed E-state index contributed by atoms with van der Waals surface area (Å²) in [5, 5.41) is 13.6. The first-order valence-electron chi connectivity index (χ1n) is 7.07. The van der Waals surface area contributed by atoms with Gasteiger partial charge in [-0.25, -0.2) is 4.79 Å². The Morgan fingerprint density at radius 2 is 2.19 bits per heavy atom. The summed E-state index contributed by atoms with van der Waals surface area (Å²) >= 11 is 1.30. The lowest BCUT2D eigenvalue weighted by molar-refractivity contribution is 0.0697. The van der Waals surface area contributed by atoms with Crippen LogP contribution in [-0.2, 0) is 19.6 Å². The maximum absolute atomic E-state index is 11.3. The smallest absolute Gasteiger partial charge is 0.349 e. The Labute approximate surface area is 128 Å². The summed E-state index contributed by atoms with van der Waals surface area (Å²) in [7, 11) is 0. The van der Waals surface area contributed by atoms with Crippen molar-refractivity contribution in [2.45, 2.75) is 46.8 Å². The molecule has 0 radical (unpaired) electrons. The summed E-state index contributed by atoms with van der Waals surface area (Å²) in [5.74, 6) is -0.477. The van der Waals surface area contributed by atoms with Crippen molar-refractivity contribution >= 4 is 17.3 Å². The van der Waals surface area contributed by atoms with E-state index in [9.17, 15) is 9.90 Å². The maximum Gasteiger partial charge on any atom is 0.349 e. The van der Waals surface area contributed by atoms with Gasteiger partial charge >= 0.3 is 5.97 Å². The standard InChI is InChI=1S/C15H20N2O3S/c1-4-6-12-8-13(14(21-12)15(18)19)20-9-11-7-10(3)16-17(11)5-2/h7-8H,4-6,9H2,1-3H3,(H,18,19). The number of carbonyl (C=O) groups is 1. The van der Waals surface area contributed by atoms with Crippen LogP contribution >= 0.6 is 11.3 Å². The Balaban J connectivity index is 2.16. The predicted molar refractivity (Wildman–Crippen MR) is 82.2 cm³/mol. The van der Waals surface area contributed by atoms with Gasteiger partial charge < -0.3 is 9.84 Å². The van der Waals surface area contributed by atoms with E-state index in [1.165, 1.54) is 11.3 Å². The number of nitrogens with zero attached hydrogens (tertiary/aromatic N) is 2. The molecule has 0 spiro atoms. The van der Waals surface area contributed by atoms with E-state index < -0.39 is 5.97 Å². The molecule has 0 aromatic carbocycles. The van der Waals surface area contributed by atoms with Crippen LogP contribution in [0.1, 0.15) is 46.2 Å². The molecule has 0 aliphatic heterocycles. The molecule has 21 heavy (non-hydrogen) atoms. The molecule has 6 heteroatoms. The van der Waals surface area contributed by atoms with E-state index in [0.29, 0.717) is 12.4 Å². The molecule has 2 heterocycles. The summed E-state index contributed by atoms with van der Waals surface area (Å²) in [5.41, 5.74) is 1.89. The zero-order valence-electron chi connectivity index (χ0n) is 12.5. The van der Waals surface area contributed by atoms with E-state index >= 15 is 0 Å². The summed E-state index contributed by atoms with van der Waals surface area (Å²) in [4.78, 5) is 12.6. The fraction of sp³-hybridized carbons (Fsp3) is 0.467. The number of hydrogen-bond donors (Lipinski definition) is 1. The van der Waals surface area contributed by atoms with Gasteiger partial charge in [-0.3, -0.25) is 4.68 Å². The SMILES string of the molecule is CCCc1cc(OCc2cc(C)nn2CC)c(C(=O)O)s1. The Bertz CT molecular complexity index is 631. The van der Waals surface area contributed by atoms with Crippen LogP contribution in [0.25, 0.3) is 0 Å². The summed E-state index contributed by atoms with van der Waals surface area (Å²) < 4.78 is 7.61. The first kappa shape index (κ1) is 15.6. The highest BCUT2D eigenvalue weighted by atomic mass is 32.1. The van der Waals surface area contributed by atoms with E-state index in [2.05, 4.69) is 12.0 Å². The first-order valence-corrected chi connectivity index (χ1v) is 7.88. The van der Waals surface area contributed by atoms with Crippen LogP contribution in [0.4, 0.5) is 0 Å². The molecule has 0 saturated heterocycles. The second kappa shape index (κ2) is 6.76. The zero-order chi connectivity index (χ0) is 15.4. The maximum atomic E-state index is 11.3. The van der Waals surface area contributed by atoms with Crippen LogP contribution < -0.4 is 4.74 Å². The molecule has 114 valence electrons. The van der Waals surface area contributed by atoms with Crippen molar-refractivity contribution in [3.05, 3.63) is 33.3 Å². The molecule has 0 aliphatic rings. The highest BCUT2D eigenvalue weighted by molar-refractivity contribution is 7.14. The van der Waals surface area contributed by atoms with Gasteiger partial charge in [-0.1, -0.05) is 13.3 Å². The van der Waals surface area contributed by atoms with E-state index in [0.717, 1.165) is 35.7 Å². The molecule has 0 bridgehead atoms. The van der Waals surface area contributed by atoms with Crippen molar-refractivity contribution in [3.63, 3.8) is 0 Å². The van der Waals surface area contributed by atoms with Gasteiger partial charge in [-0.05, 0) is 32.4 Å². The normalized spacial score (nSPS) is 10.8. The number of hydrogen-bond acceptors (Lipinski definition) is 4. The van der Waals surface area contributed by atoms with E-state index in [4.69, 9.17) is 4.74 Å². The summed E-state index contributed by atoms with van der Waals surface area (Å²) in [6.07, 6.45) is 1.86. The number of thiophene rings is 1. The number of aryl methyl sites for hydroxylation is 3. The van der Waals surface area contributed by atoms with Gasteiger partial charge in [0.25, 0.3) is 0 Å². The van der Waals surface area contributed by atoms with Crippen molar-refractivity contribution in [1.29, 1.82) is 0 Å². The van der Waals surface area contributed by atoms with Crippen molar-refractivity contribution in [2.75, 3.05) is 0 Å². The van der Waals surface area contributed by atoms with Crippen LogP contribution in [0.5, 0.6) is 5.75 Å². The molecular formula is C15H20N2O3S. The van der Waals surface area contributed by atoms with Gasteiger partial charge in [0.1, 0.15) is 12.4 Å². The molecule has 1 N–H and O–H groups in total. The minimum atomic E-state index is -0.933. The zero-order valence-corrected chi connectivity index (χ0v) is 13.4. The van der Waals surface area contributed by atoms with Crippen molar-refractivity contribution < 1.29 is 14.6 Å². The van der Waals surface area contributed by atoms with Crippen molar-refractivity contribution in [3.8, 4) is 5.75 Å². The topological polar surface area (TPSA) is 64.4 Å². The third-order valence-corrected chi connectivity index (χ3v) is 4.26. The molecule has 2 rings (SSSR count). The fourth-order valence-electron chi connectivity index (χ4n) is 2.19. The Kier molecular flexibility index (Phi) is 5.01. The number of aromatic carboxylic acids is 1. The minimum Gasteiger partial charge on any atom is -0.486 e. The van der Waals surface area contributed by atoms with Crippen LogP contribution in [0.3, 0.4) is 0 Å². The average Bonchev–Trinajstić information content (AvgIpc) is 3.00. The lowest BCUT2D eigenvalue weighted by atomic mass is 10.3. The van der Waals surface area contributed by atoms with E-state index in [-0.39, 0.29) is 4.88 Å². The molecule has 0 saturated carbocycles. The van der Waals surface area contributed by atoms with Gasteiger partial charge in [-0.15, -0.1) is 11.3 Å². The number of ether oxygens (including phenoxy) is 1. The lowest BCUT2D eigenvalue weighted by Gasteiger charge is -2.07. The average molecular weight is 308 g/mol. The summed E-state index contributed by atoms with van der Waals surface area (Å²) in [6.45, 7) is 7.12. The minimum absolute atomic E-state index is 0.276. The second-order valence-electron chi connectivity index (χ2n) is 4.84. The van der Waals surface area contributed by atoms with Crippen LogP contribution in [0, 0.1) is 6.92 Å². The van der Waals surface area contributed by atoms with Gasteiger partial charge in [0.05, 0.1) is 11.4 Å². The largest absolute Gasteiger partial charge is 0.486 e. The highest BCUT2D eigenvalue weighted by Gasteiger charge is 2.17. The molecule has 0 unspecified atom stereocenters. The van der Waals surface area contributed by atoms with Gasteiger partial charge in [-0.2, -0.15) is 5.10 Å². The second-order valence-corrected chi connectivity index (χ2v) is 5.98. The third-order valence-electron chi connectivity index (χ3n) is 3.10. The Morgan fingerprint density at radius 1 is 1.43 bits per heavy atom. The number of carboxylic acids is 1. The lowest BCUT2D eigenvalue weighted by Crippen LogP contribution is -2.07. The van der Waals surface area contributed by atoms with Gasteiger partial charge in [0.15, 0.2) is 4.88 Å². The Morgan fingerprint density at radius 3 is 2.81 bits per heavy atom. The molecular weight excluding hydrogens is 288 g/mol. The molecule has 0 atom stereocenters. The molecule has 2 aromatic heterocycles. The van der Waals surface area contributed by atoms with Gasteiger partial charge in [0.2, 0.25) is 0 Å². The highest BCUT2D eigenvalue weighted by Crippen LogP contribution is 2.31. The van der Waals surface area contributed by atoms with E-state index in [1.807, 2.05) is 30.7 Å². The molecule has 2 aromatic rings. The number of carboxylic acid groups (broad SMARTS) is 1. The monoisotopic (exact) mass is 308 g/mol. The van der Waals surface area contributed by atoms with Crippen molar-refractivity contribution in [2.24, 2.45) is 0 Å². The van der Waals surface area contributed by atoms with Crippen LogP contribution in [0.15, 0.2) is 12.1 Å². The molecule has 0 aliphatic carbocycles. The van der Waals surface area contributed by atoms with Crippen molar-refractivity contribution in [1.82, 2.24) is 9.78 Å². The first-order chi connectivity index (χ1) is 10.0. The Hall–Kier alpha value is -1.82. The number of rotatable bonds is 7. The molecule has 0 fully saturated rings. The van der Waals surface area contributed by atoms with E-state index in [1.54, 1.807) is 0 Å². The number of aromatic nitrogens is 2. The predicted octanol–water partition coefficient (Wildman–Crippen LogP) is 3.50. The fourth-order valence-corrected chi connectivity index (χ4v) is 3.23.